The molecule has 5 saturated heterocycles. The summed E-state index contributed by atoms with van der Waals surface area (Å²) >= 11 is 6.13. The molecule has 3 aromatic rings. The summed E-state index contributed by atoms with van der Waals surface area (Å²) in [6.45, 7) is 6.35. The number of nitrogens with two attached hydrogens (primary N) is 1. The third-order valence-electron chi connectivity index (χ3n) is 11.0. The molecule has 2 aromatic carbocycles. The number of H-pyrrole nitrogens is 1. The lowest BCUT2D eigenvalue weighted by Gasteiger charge is -2.51. The summed E-state index contributed by atoms with van der Waals surface area (Å²) in [5, 5.41) is 2.60. The lowest BCUT2D eigenvalue weighted by molar-refractivity contribution is -0.137. The van der Waals surface area contributed by atoms with E-state index >= 15 is 0 Å². The molecule has 1 unspecified atom stereocenters. The third-order valence-corrected chi connectivity index (χ3v) is 11.3. The van der Waals surface area contributed by atoms with Gasteiger partial charge in [0.25, 0.3) is 0 Å². The van der Waals surface area contributed by atoms with E-state index in [1.165, 1.54) is 18.9 Å². The van der Waals surface area contributed by atoms with E-state index in [0.29, 0.717) is 64.1 Å². The first kappa shape index (κ1) is 33.7. The van der Waals surface area contributed by atoms with Crippen LogP contribution in [0.4, 0.5) is 23.7 Å². The number of halogens is 4. The fraction of sp³-hybridized carbons (Fsp3) is 0.559. The molecule has 0 radical (unpaired) electrons. The van der Waals surface area contributed by atoms with E-state index in [1.54, 1.807) is 14.4 Å². The zero-order valence-electron chi connectivity index (χ0n) is 27.2. The largest absolute Gasteiger partial charge is 0.418 e. The van der Waals surface area contributed by atoms with E-state index in [1.807, 2.05) is 24.3 Å². The molecular formula is C34H42ClF3N8O3. The minimum atomic E-state index is -4.74. The number of carbonyl (C=O) groups is 2. The molecule has 0 aliphatic carbocycles. The number of hydrogen-bond acceptors (Lipinski definition) is 6. The maximum atomic E-state index is 14.1. The quantitative estimate of drug-likeness (QED) is 0.336. The molecule has 1 aromatic heterocycles. The molecule has 11 nitrogen and oxygen atoms in total. The number of benzene rings is 2. The molecule has 2 atom stereocenters. The van der Waals surface area contributed by atoms with Crippen molar-refractivity contribution in [2.24, 2.45) is 5.92 Å². The van der Waals surface area contributed by atoms with Crippen molar-refractivity contribution in [3.05, 3.63) is 63.0 Å². The fourth-order valence-electron chi connectivity index (χ4n) is 8.31. The van der Waals surface area contributed by atoms with Gasteiger partial charge in [-0.2, -0.15) is 13.2 Å². The molecule has 15 heteroatoms. The number of piperidine rings is 4. The topological polar surface area (TPSA) is 123 Å². The highest BCUT2D eigenvalue weighted by atomic mass is 35.5. The molecule has 264 valence electrons. The number of hydrogen-bond donors (Lipinski definition) is 3. The van der Waals surface area contributed by atoms with Gasteiger partial charge in [0.15, 0.2) is 0 Å². The molecule has 4 N–H and O–H groups in total. The Morgan fingerprint density at radius 2 is 1.65 bits per heavy atom. The Morgan fingerprint density at radius 3 is 2.31 bits per heavy atom. The fourth-order valence-corrected chi connectivity index (χ4v) is 8.55. The molecular weight excluding hydrogens is 661 g/mol. The van der Waals surface area contributed by atoms with Crippen molar-refractivity contribution in [1.82, 2.24) is 34.5 Å². The number of aromatic nitrogens is 2. The predicted octanol–water partition coefficient (Wildman–Crippen LogP) is 3.78. The summed E-state index contributed by atoms with van der Waals surface area (Å²) in [6.07, 6.45) is -1.49. The number of amides is 3. The Bertz CT molecular complexity index is 1760. The normalized spacial score (nSPS) is 24.4. The van der Waals surface area contributed by atoms with Gasteiger partial charge in [0.1, 0.15) is 6.04 Å². The van der Waals surface area contributed by atoms with Crippen molar-refractivity contribution in [3.63, 3.8) is 0 Å². The average Bonchev–Trinajstić information content (AvgIpc) is 3.44. The second-order valence-corrected chi connectivity index (χ2v) is 14.3. The highest BCUT2D eigenvalue weighted by Gasteiger charge is 2.40. The standard InChI is InChI=1S/C34H42ClF3N8O3/c35-25-18-21(17-24(30(25)39)34(36,37)38)19-27(31(47)44-15-13-43(14-16-44)29-20-42-9-5-22(29)6-10-42)41-32(48)45-11-7-23(8-12-45)46-28-4-2-1-3-26(28)40-33(46)49/h1-4,17-18,22-23,27,29H,5-16,19-20,39H2,(H,40,49)(H,41,48)/t27-,29?/m1/s1. The number of imidazole rings is 1. The van der Waals surface area contributed by atoms with Gasteiger partial charge >= 0.3 is 17.9 Å². The SMILES string of the molecule is Nc1c(Cl)cc(C[C@@H](NC(=O)N2CCC(n3c(=O)[nH]c4ccccc43)CC2)C(=O)N2CCN(C3CN4CCC3CC4)CC2)cc1C(F)(F)F. The summed E-state index contributed by atoms with van der Waals surface area (Å²) in [7, 11) is 0. The Balaban J connectivity index is 1.05. The van der Waals surface area contributed by atoms with Gasteiger partial charge in [0.2, 0.25) is 5.91 Å². The average molecular weight is 703 g/mol. The number of carbonyl (C=O) groups excluding carboxylic acids is 2. The highest BCUT2D eigenvalue weighted by molar-refractivity contribution is 6.33. The zero-order chi connectivity index (χ0) is 34.4. The van der Waals surface area contributed by atoms with Crippen LogP contribution in [-0.2, 0) is 17.4 Å². The maximum absolute atomic E-state index is 14.1. The second kappa shape index (κ2) is 13.5. The highest BCUT2D eigenvalue weighted by Crippen LogP contribution is 2.38. The number of fused-ring (bicyclic) bond motifs is 4. The molecule has 5 aliphatic rings. The van der Waals surface area contributed by atoms with Crippen LogP contribution in [0.2, 0.25) is 5.02 Å². The first-order valence-corrected chi connectivity index (χ1v) is 17.5. The van der Waals surface area contributed by atoms with Gasteiger partial charge in [0, 0.05) is 64.3 Å². The number of aromatic amines is 1. The van der Waals surface area contributed by atoms with Crippen molar-refractivity contribution < 1.29 is 22.8 Å². The molecule has 3 amide bonds. The number of rotatable bonds is 6. The van der Waals surface area contributed by atoms with Crippen LogP contribution in [0, 0.1) is 5.92 Å². The number of piperazine rings is 1. The van der Waals surface area contributed by atoms with Gasteiger partial charge in [-0.05, 0) is 74.5 Å². The number of para-hydroxylation sites is 2. The molecule has 5 fully saturated rings. The second-order valence-electron chi connectivity index (χ2n) is 13.8. The molecule has 49 heavy (non-hydrogen) atoms. The van der Waals surface area contributed by atoms with E-state index in [4.69, 9.17) is 17.3 Å². The van der Waals surface area contributed by atoms with Crippen molar-refractivity contribution in [3.8, 4) is 0 Å². The molecule has 5 aliphatic heterocycles. The van der Waals surface area contributed by atoms with Gasteiger partial charge in [0.05, 0.1) is 27.3 Å². The lowest BCUT2D eigenvalue weighted by Crippen LogP contribution is -2.63. The monoisotopic (exact) mass is 702 g/mol. The minimum absolute atomic E-state index is 0.115. The number of likely N-dealkylation sites (tertiary alicyclic amines) is 1. The van der Waals surface area contributed by atoms with Gasteiger partial charge in [-0.3, -0.25) is 14.3 Å². The van der Waals surface area contributed by atoms with Crippen LogP contribution in [-0.4, -0.2) is 112 Å². The molecule has 6 heterocycles. The number of nitrogen functional groups attached to an aromatic ring is 1. The molecule has 8 rings (SSSR count). The first-order valence-electron chi connectivity index (χ1n) is 17.1. The lowest BCUT2D eigenvalue weighted by atomic mass is 9.83. The van der Waals surface area contributed by atoms with Gasteiger partial charge in [-0.15, -0.1) is 0 Å². The van der Waals surface area contributed by atoms with Crippen molar-refractivity contribution in [1.29, 1.82) is 0 Å². The van der Waals surface area contributed by atoms with Crippen LogP contribution in [0.15, 0.2) is 41.2 Å². The summed E-state index contributed by atoms with van der Waals surface area (Å²) in [6, 6.07) is 8.44. The number of nitrogens with one attached hydrogen (secondary N) is 2. The number of alkyl halides is 3. The van der Waals surface area contributed by atoms with E-state index < -0.39 is 29.5 Å². The number of anilines is 1. The van der Waals surface area contributed by atoms with E-state index in [0.717, 1.165) is 36.7 Å². The van der Waals surface area contributed by atoms with Crippen LogP contribution in [0.5, 0.6) is 0 Å². The van der Waals surface area contributed by atoms with E-state index in [-0.39, 0.29) is 34.6 Å². The van der Waals surface area contributed by atoms with Crippen LogP contribution in [0.3, 0.4) is 0 Å². The van der Waals surface area contributed by atoms with Gasteiger partial charge in [-0.25, -0.2) is 9.59 Å². The van der Waals surface area contributed by atoms with Crippen molar-refractivity contribution in [2.45, 2.75) is 56.4 Å². The Labute approximate surface area is 287 Å². The van der Waals surface area contributed by atoms with Crippen LogP contribution in [0.1, 0.15) is 42.9 Å². The first-order chi connectivity index (χ1) is 23.5. The maximum Gasteiger partial charge on any atom is 0.418 e. The van der Waals surface area contributed by atoms with Gasteiger partial charge in [-0.1, -0.05) is 23.7 Å². The van der Waals surface area contributed by atoms with E-state index in [9.17, 15) is 27.6 Å². The molecule has 0 spiro atoms. The number of nitrogens with zero attached hydrogens (tertiary/aromatic N) is 5. The number of urea groups is 1. The Hall–Kier alpha value is -3.75. The molecule has 2 bridgehead atoms. The third kappa shape index (κ3) is 6.87. The van der Waals surface area contributed by atoms with Crippen LogP contribution in [0.25, 0.3) is 11.0 Å². The predicted molar refractivity (Wildman–Crippen MR) is 180 cm³/mol. The van der Waals surface area contributed by atoms with Crippen molar-refractivity contribution in [2.75, 3.05) is 64.6 Å². The Morgan fingerprint density at radius 1 is 0.959 bits per heavy atom. The minimum Gasteiger partial charge on any atom is -0.397 e. The van der Waals surface area contributed by atoms with Crippen molar-refractivity contribution >= 4 is 40.3 Å². The van der Waals surface area contributed by atoms with E-state index in [2.05, 4.69) is 20.1 Å². The van der Waals surface area contributed by atoms with Crippen LogP contribution < -0.4 is 16.7 Å². The summed E-state index contributed by atoms with van der Waals surface area (Å²) < 4.78 is 43.2. The summed E-state index contributed by atoms with van der Waals surface area (Å²) in [5.74, 6) is 0.319. The van der Waals surface area contributed by atoms with Gasteiger partial charge < -0.3 is 30.7 Å². The smallest absolute Gasteiger partial charge is 0.397 e. The summed E-state index contributed by atoms with van der Waals surface area (Å²) in [4.78, 5) is 51.7. The zero-order valence-corrected chi connectivity index (χ0v) is 28.0. The summed E-state index contributed by atoms with van der Waals surface area (Å²) in [5.41, 5.74) is 5.51. The molecule has 0 saturated carbocycles. The Kier molecular flexibility index (Phi) is 9.31. The van der Waals surface area contributed by atoms with Crippen LogP contribution >= 0.6 is 11.6 Å².